The van der Waals surface area contributed by atoms with Crippen molar-refractivity contribution in [2.24, 2.45) is 0 Å². The average molecular weight is 434 g/mol. The molecule has 0 aromatic heterocycles. The van der Waals surface area contributed by atoms with Gasteiger partial charge in [0.2, 0.25) is 0 Å². The molecule has 0 saturated heterocycles. The number of nitrogens with one attached hydrogen (secondary N) is 1. The molecule has 0 unspecified atom stereocenters. The molecule has 1 N–H and O–H groups in total. The summed E-state index contributed by atoms with van der Waals surface area (Å²) in [4.78, 5) is 36.9. The third-order valence-electron chi connectivity index (χ3n) is 5.18. The number of ketones is 1. The lowest BCUT2D eigenvalue weighted by Gasteiger charge is -2.19. The zero-order chi connectivity index (χ0) is 22.8. The van der Waals surface area contributed by atoms with E-state index in [1.54, 1.807) is 12.1 Å². The minimum Gasteiger partial charge on any atom is -0.496 e. The van der Waals surface area contributed by atoms with E-state index in [4.69, 9.17) is 14.2 Å². The number of benzene rings is 1. The highest BCUT2D eigenvalue weighted by Crippen LogP contribution is 2.31. The molecule has 1 atom stereocenters. The third-order valence-corrected chi connectivity index (χ3v) is 5.18. The summed E-state index contributed by atoms with van der Waals surface area (Å²) >= 11 is 0. The van der Waals surface area contributed by atoms with Gasteiger partial charge in [0, 0.05) is 24.9 Å². The van der Waals surface area contributed by atoms with Gasteiger partial charge in [0.05, 0.1) is 13.2 Å². The number of hydrogen-bond donors (Lipinski definition) is 1. The Balaban J connectivity index is 2.26. The molecule has 0 fully saturated rings. The van der Waals surface area contributed by atoms with Crippen LogP contribution in [0.4, 0.5) is 0 Å². The predicted octanol–water partition coefficient (Wildman–Crippen LogP) is 4.00. The first-order chi connectivity index (χ1) is 14.8. The number of hydrogen-bond acceptors (Lipinski definition) is 6. The van der Waals surface area contributed by atoms with Crippen LogP contribution in [0.1, 0.15) is 81.6 Å². The largest absolute Gasteiger partial charge is 0.496 e. The average Bonchev–Trinajstić information content (AvgIpc) is 2.70. The van der Waals surface area contributed by atoms with Gasteiger partial charge in [0.15, 0.2) is 6.61 Å². The van der Waals surface area contributed by atoms with E-state index in [1.165, 1.54) is 7.11 Å². The first-order valence-corrected chi connectivity index (χ1v) is 11.2. The highest BCUT2D eigenvalue weighted by molar-refractivity contribution is 5.94. The predicted molar refractivity (Wildman–Crippen MR) is 118 cm³/mol. The van der Waals surface area contributed by atoms with Crippen molar-refractivity contribution in [2.45, 2.75) is 84.3 Å². The lowest BCUT2D eigenvalue weighted by molar-refractivity contribution is -0.123. The molecule has 172 valence electrons. The number of carbonyl (C=O) groups is 3. The molecule has 0 spiro atoms. The molecule has 1 aromatic rings. The lowest BCUT2D eigenvalue weighted by Crippen LogP contribution is -2.34. The molecule has 1 aliphatic rings. The molecular formula is C24H35NO6. The van der Waals surface area contributed by atoms with Gasteiger partial charge in [-0.25, -0.2) is 4.79 Å². The molecule has 0 radical (unpaired) electrons. The van der Waals surface area contributed by atoms with Crippen molar-refractivity contribution in [1.29, 1.82) is 0 Å². The second kappa shape index (κ2) is 12.3. The minimum atomic E-state index is -0.438. The summed E-state index contributed by atoms with van der Waals surface area (Å²) in [5.74, 6) is 0.453. The van der Waals surface area contributed by atoms with Gasteiger partial charge in [-0.1, -0.05) is 6.42 Å². The number of amides is 1. The SMILES string of the molecule is COc1cc(OCC(=O)NC(C)C)cc2c1C(=O)O[C@@H](C)CCCC(=O)CCCCC2. The molecule has 1 heterocycles. The van der Waals surface area contributed by atoms with Crippen LogP contribution in [0.3, 0.4) is 0 Å². The van der Waals surface area contributed by atoms with E-state index in [0.717, 1.165) is 24.8 Å². The number of esters is 1. The topological polar surface area (TPSA) is 90.9 Å². The van der Waals surface area contributed by atoms with Gasteiger partial charge in [-0.2, -0.15) is 0 Å². The quantitative estimate of drug-likeness (QED) is 0.706. The smallest absolute Gasteiger partial charge is 0.342 e. The maximum absolute atomic E-state index is 13.0. The molecular weight excluding hydrogens is 398 g/mol. The van der Waals surface area contributed by atoms with Gasteiger partial charge < -0.3 is 19.5 Å². The van der Waals surface area contributed by atoms with E-state index in [2.05, 4.69) is 5.32 Å². The molecule has 7 nitrogen and oxygen atoms in total. The van der Waals surface area contributed by atoms with Crippen molar-refractivity contribution in [3.63, 3.8) is 0 Å². The van der Waals surface area contributed by atoms with E-state index >= 15 is 0 Å². The molecule has 1 aliphatic heterocycles. The maximum Gasteiger partial charge on any atom is 0.342 e. The van der Waals surface area contributed by atoms with E-state index in [-0.39, 0.29) is 30.4 Å². The number of rotatable bonds is 5. The van der Waals surface area contributed by atoms with Gasteiger partial charge in [-0.05, 0) is 64.5 Å². The highest BCUT2D eigenvalue weighted by atomic mass is 16.5. The number of fused-ring (bicyclic) bond motifs is 1. The van der Waals surface area contributed by atoms with Crippen molar-refractivity contribution in [1.82, 2.24) is 5.32 Å². The van der Waals surface area contributed by atoms with Crippen LogP contribution in [0.15, 0.2) is 12.1 Å². The molecule has 1 amide bonds. The zero-order valence-corrected chi connectivity index (χ0v) is 19.1. The van der Waals surface area contributed by atoms with Gasteiger partial charge in [0.1, 0.15) is 22.8 Å². The Labute approximate surface area is 184 Å². The van der Waals surface area contributed by atoms with Crippen LogP contribution >= 0.6 is 0 Å². The molecule has 0 saturated carbocycles. The van der Waals surface area contributed by atoms with Crippen molar-refractivity contribution in [3.05, 3.63) is 23.3 Å². The fraction of sp³-hybridized carbons (Fsp3) is 0.625. The van der Waals surface area contributed by atoms with Crippen LogP contribution in [0.5, 0.6) is 11.5 Å². The fourth-order valence-corrected chi connectivity index (χ4v) is 3.66. The van der Waals surface area contributed by atoms with Gasteiger partial charge >= 0.3 is 5.97 Å². The number of methoxy groups -OCH3 is 1. The van der Waals surface area contributed by atoms with Crippen LogP contribution in [0.25, 0.3) is 0 Å². The summed E-state index contributed by atoms with van der Waals surface area (Å²) in [6, 6.07) is 3.43. The van der Waals surface area contributed by atoms with E-state index in [1.807, 2.05) is 20.8 Å². The Morgan fingerprint density at radius 1 is 1.13 bits per heavy atom. The lowest BCUT2D eigenvalue weighted by atomic mass is 9.98. The Bertz CT molecular complexity index is 774. The molecule has 31 heavy (non-hydrogen) atoms. The summed E-state index contributed by atoms with van der Waals surface area (Å²) < 4.78 is 16.8. The molecule has 7 heteroatoms. The second-order valence-corrected chi connectivity index (χ2v) is 8.38. The van der Waals surface area contributed by atoms with Gasteiger partial charge in [0.25, 0.3) is 5.91 Å². The molecule has 2 rings (SSSR count). The maximum atomic E-state index is 13.0. The second-order valence-electron chi connectivity index (χ2n) is 8.38. The Morgan fingerprint density at radius 2 is 1.84 bits per heavy atom. The van der Waals surface area contributed by atoms with Gasteiger partial charge in [-0.15, -0.1) is 0 Å². The van der Waals surface area contributed by atoms with Crippen LogP contribution < -0.4 is 14.8 Å². The number of Topliss-reactive ketones (excluding diaryl/α,β-unsaturated/α-hetero) is 1. The van der Waals surface area contributed by atoms with Crippen LogP contribution in [0.2, 0.25) is 0 Å². The summed E-state index contributed by atoms with van der Waals surface area (Å²) in [6.07, 6.45) is 5.37. The highest BCUT2D eigenvalue weighted by Gasteiger charge is 2.23. The van der Waals surface area contributed by atoms with Crippen molar-refractivity contribution >= 4 is 17.7 Å². The molecule has 1 aromatic carbocycles. The van der Waals surface area contributed by atoms with Crippen molar-refractivity contribution in [2.75, 3.05) is 13.7 Å². The first-order valence-electron chi connectivity index (χ1n) is 11.2. The summed E-state index contributed by atoms with van der Waals surface area (Å²) in [5.41, 5.74) is 1.17. The summed E-state index contributed by atoms with van der Waals surface area (Å²) in [6.45, 7) is 5.48. The molecule has 0 aliphatic carbocycles. The number of ether oxygens (including phenoxy) is 3. The van der Waals surface area contributed by atoms with Crippen molar-refractivity contribution in [3.8, 4) is 11.5 Å². The van der Waals surface area contributed by atoms with Crippen LogP contribution in [0, 0.1) is 0 Å². The Kier molecular flexibility index (Phi) is 9.82. The normalized spacial score (nSPS) is 18.5. The van der Waals surface area contributed by atoms with Crippen LogP contribution in [-0.2, 0) is 20.7 Å². The fourth-order valence-electron chi connectivity index (χ4n) is 3.66. The summed E-state index contributed by atoms with van der Waals surface area (Å²) in [5, 5.41) is 2.78. The van der Waals surface area contributed by atoms with E-state index < -0.39 is 5.97 Å². The number of cyclic esters (lactones) is 1. The van der Waals surface area contributed by atoms with E-state index in [9.17, 15) is 14.4 Å². The number of carbonyl (C=O) groups excluding carboxylic acids is 3. The Hall–Kier alpha value is -2.57. The standard InChI is InChI=1S/C24H35NO6/c1-16(2)25-22(27)15-30-20-13-18-10-6-5-7-11-19(26)12-8-9-17(3)31-24(28)23(18)21(14-20)29-4/h13-14,16-17H,5-12,15H2,1-4H3,(H,25,27)/t17-/m0/s1. The zero-order valence-electron chi connectivity index (χ0n) is 19.1. The summed E-state index contributed by atoms with van der Waals surface area (Å²) in [7, 11) is 1.50. The third kappa shape index (κ3) is 8.23. The first kappa shape index (κ1) is 24.7. The van der Waals surface area contributed by atoms with Crippen LogP contribution in [-0.4, -0.2) is 43.5 Å². The van der Waals surface area contributed by atoms with Crippen molar-refractivity contribution < 1.29 is 28.6 Å². The van der Waals surface area contributed by atoms with Gasteiger partial charge in [-0.3, -0.25) is 9.59 Å². The monoisotopic (exact) mass is 433 g/mol. The number of aryl methyl sites for hydroxylation is 1. The molecule has 0 bridgehead atoms. The Morgan fingerprint density at radius 3 is 2.55 bits per heavy atom. The van der Waals surface area contributed by atoms with E-state index in [0.29, 0.717) is 49.2 Å². The minimum absolute atomic E-state index is 0.0269.